The number of aryl methyl sites for hydroxylation is 1. The predicted molar refractivity (Wildman–Crippen MR) is 98.0 cm³/mol. The molecule has 8 heteroatoms. The van der Waals surface area contributed by atoms with Crippen LogP contribution in [-0.2, 0) is 16.6 Å². The number of carbonyl (C=O) groups is 2. The number of thiophene rings is 1. The first-order valence-corrected chi connectivity index (χ1v) is 9.78. The van der Waals surface area contributed by atoms with E-state index in [1.807, 2.05) is 34.4 Å². The SMILES string of the molecule is Cn1cc(C(=O)N2CCN(C(=O)C3CCCO3)CC2)c(-c2cccs2)n1. The fraction of sp³-hybridized carbons (Fsp3) is 0.500. The van der Waals surface area contributed by atoms with E-state index in [4.69, 9.17) is 4.74 Å². The molecule has 1 atom stereocenters. The molecule has 2 amide bonds. The normalized spacial score (nSPS) is 20.6. The van der Waals surface area contributed by atoms with Crippen molar-refractivity contribution in [3.8, 4) is 10.6 Å². The Bertz CT molecular complexity index is 787. The maximum Gasteiger partial charge on any atom is 0.257 e. The Morgan fingerprint density at radius 1 is 1.23 bits per heavy atom. The van der Waals surface area contributed by atoms with Gasteiger partial charge in [-0.3, -0.25) is 14.3 Å². The summed E-state index contributed by atoms with van der Waals surface area (Å²) in [7, 11) is 1.83. The van der Waals surface area contributed by atoms with E-state index in [0.717, 1.165) is 23.4 Å². The molecule has 138 valence electrons. The molecule has 2 aromatic heterocycles. The first-order valence-electron chi connectivity index (χ1n) is 8.90. The third-order valence-electron chi connectivity index (χ3n) is 4.90. The largest absolute Gasteiger partial charge is 0.368 e. The lowest BCUT2D eigenvalue weighted by Gasteiger charge is -2.35. The highest BCUT2D eigenvalue weighted by Gasteiger charge is 2.32. The fourth-order valence-electron chi connectivity index (χ4n) is 3.52. The van der Waals surface area contributed by atoms with Gasteiger partial charge in [0.15, 0.2) is 0 Å². The van der Waals surface area contributed by atoms with Crippen LogP contribution in [0.4, 0.5) is 0 Å². The summed E-state index contributed by atoms with van der Waals surface area (Å²) in [5.41, 5.74) is 1.35. The van der Waals surface area contributed by atoms with Crippen LogP contribution in [0.2, 0.25) is 0 Å². The van der Waals surface area contributed by atoms with Gasteiger partial charge in [-0.15, -0.1) is 11.3 Å². The van der Waals surface area contributed by atoms with Gasteiger partial charge in [0.1, 0.15) is 11.8 Å². The Labute approximate surface area is 156 Å². The van der Waals surface area contributed by atoms with Gasteiger partial charge >= 0.3 is 0 Å². The average molecular weight is 374 g/mol. The molecule has 2 fully saturated rings. The summed E-state index contributed by atoms with van der Waals surface area (Å²) in [5, 5.41) is 6.44. The number of nitrogens with zero attached hydrogens (tertiary/aromatic N) is 4. The molecule has 26 heavy (non-hydrogen) atoms. The van der Waals surface area contributed by atoms with Gasteiger partial charge in [0.05, 0.1) is 10.4 Å². The van der Waals surface area contributed by atoms with Crippen LogP contribution in [0.1, 0.15) is 23.2 Å². The maximum absolute atomic E-state index is 13.0. The minimum absolute atomic E-state index is 0.0225. The lowest BCUT2D eigenvalue weighted by Crippen LogP contribution is -2.52. The first kappa shape index (κ1) is 17.2. The van der Waals surface area contributed by atoms with Crippen molar-refractivity contribution in [2.45, 2.75) is 18.9 Å². The van der Waals surface area contributed by atoms with E-state index in [0.29, 0.717) is 38.3 Å². The van der Waals surface area contributed by atoms with Gasteiger partial charge in [0, 0.05) is 46.0 Å². The molecule has 0 spiro atoms. The molecule has 2 saturated heterocycles. The Morgan fingerprint density at radius 3 is 2.65 bits per heavy atom. The molecular weight excluding hydrogens is 352 g/mol. The molecule has 0 N–H and O–H groups in total. The summed E-state index contributed by atoms with van der Waals surface area (Å²) in [6, 6.07) is 3.93. The smallest absolute Gasteiger partial charge is 0.257 e. The van der Waals surface area contributed by atoms with Crippen molar-refractivity contribution in [3.05, 3.63) is 29.3 Å². The number of rotatable bonds is 3. The van der Waals surface area contributed by atoms with Crippen molar-refractivity contribution >= 4 is 23.2 Å². The van der Waals surface area contributed by atoms with Crippen LogP contribution >= 0.6 is 11.3 Å². The van der Waals surface area contributed by atoms with Crippen molar-refractivity contribution in [3.63, 3.8) is 0 Å². The molecule has 7 nitrogen and oxygen atoms in total. The van der Waals surface area contributed by atoms with E-state index in [1.54, 1.807) is 22.2 Å². The summed E-state index contributed by atoms with van der Waals surface area (Å²) in [6.07, 6.45) is 3.24. The molecule has 2 aromatic rings. The van der Waals surface area contributed by atoms with E-state index in [-0.39, 0.29) is 17.9 Å². The zero-order valence-corrected chi connectivity index (χ0v) is 15.6. The number of amides is 2. The van der Waals surface area contributed by atoms with Gasteiger partial charge in [0.2, 0.25) is 0 Å². The molecule has 2 aliphatic rings. The summed E-state index contributed by atoms with van der Waals surface area (Å²) < 4.78 is 7.17. The monoisotopic (exact) mass is 374 g/mol. The van der Waals surface area contributed by atoms with Gasteiger partial charge in [0.25, 0.3) is 11.8 Å². The zero-order valence-electron chi connectivity index (χ0n) is 14.8. The molecule has 2 aliphatic heterocycles. The Balaban J connectivity index is 1.43. The minimum Gasteiger partial charge on any atom is -0.368 e. The maximum atomic E-state index is 13.0. The number of ether oxygens (including phenoxy) is 1. The highest BCUT2D eigenvalue weighted by molar-refractivity contribution is 7.13. The summed E-state index contributed by atoms with van der Waals surface area (Å²) in [4.78, 5) is 30.1. The third-order valence-corrected chi connectivity index (χ3v) is 5.77. The predicted octanol–water partition coefficient (Wildman–Crippen LogP) is 1.61. The van der Waals surface area contributed by atoms with Crippen molar-refractivity contribution in [2.24, 2.45) is 7.05 Å². The first-order chi connectivity index (χ1) is 12.6. The second kappa shape index (κ2) is 7.20. The lowest BCUT2D eigenvalue weighted by molar-refractivity contribution is -0.142. The number of piperazine rings is 1. The van der Waals surface area contributed by atoms with Crippen molar-refractivity contribution in [1.29, 1.82) is 0 Å². The van der Waals surface area contributed by atoms with Gasteiger partial charge < -0.3 is 14.5 Å². The van der Waals surface area contributed by atoms with Crippen LogP contribution in [0.3, 0.4) is 0 Å². The van der Waals surface area contributed by atoms with Crippen molar-refractivity contribution in [1.82, 2.24) is 19.6 Å². The van der Waals surface area contributed by atoms with Crippen LogP contribution in [0, 0.1) is 0 Å². The third kappa shape index (κ3) is 3.26. The summed E-state index contributed by atoms with van der Waals surface area (Å²) >= 11 is 1.57. The number of aromatic nitrogens is 2. The van der Waals surface area contributed by atoms with Gasteiger partial charge in [-0.25, -0.2) is 0 Å². The molecule has 0 radical (unpaired) electrons. The highest BCUT2D eigenvalue weighted by atomic mass is 32.1. The van der Waals surface area contributed by atoms with E-state index in [2.05, 4.69) is 5.10 Å². The zero-order chi connectivity index (χ0) is 18.1. The van der Waals surface area contributed by atoms with E-state index in [9.17, 15) is 9.59 Å². The topological polar surface area (TPSA) is 67.7 Å². The van der Waals surface area contributed by atoms with Crippen LogP contribution < -0.4 is 0 Å². The van der Waals surface area contributed by atoms with Crippen LogP contribution in [-0.4, -0.2) is 70.3 Å². The summed E-state index contributed by atoms with van der Waals surface area (Å²) in [6.45, 7) is 2.85. The van der Waals surface area contributed by atoms with E-state index < -0.39 is 0 Å². The molecular formula is C18H22N4O3S. The Kier molecular flexibility index (Phi) is 4.78. The van der Waals surface area contributed by atoms with Crippen LogP contribution in [0.5, 0.6) is 0 Å². The van der Waals surface area contributed by atoms with Crippen molar-refractivity contribution < 1.29 is 14.3 Å². The molecule has 0 bridgehead atoms. The van der Waals surface area contributed by atoms with Crippen LogP contribution in [0.15, 0.2) is 23.7 Å². The second-order valence-corrected chi connectivity index (χ2v) is 7.61. The number of hydrogen-bond acceptors (Lipinski definition) is 5. The molecule has 0 saturated carbocycles. The van der Waals surface area contributed by atoms with E-state index in [1.165, 1.54) is 0 Å². The van der Waals surface area contributed by atoms with Crippen molar-refractivity contribution in [2.75, 3.05) is 32.8 Å². The van der Waals surface area contributed by atoms with Gasteiger partial charge in [-0.1, -0.05) is 6.07 Å². The Hall–Kier alpha value is -2.19. The lowest BCUT2D eigenvalue weighted by atomic mass is 10.1. The molecule has 4 rings (SSSR count). The van der Waals surface area contributed by atoms with Gasteiger partial charge in [-0.05, 0) is 24.3 Å². The van der Waals surface area contributed by atoms with Crippen LogP contribution in [0.25, 0.3) is 10.6 Å². The van der Waals surface area contributed by atoms with E-state index >= 15 is 0 Å². The highest BCUT2D eigenvalue weighted by Crippen LogP contribution is 2.27. The second-order valence-electron chi connectivity index (χ2n) is 6.66. The number of hydrogen-bond donors (Lipinski definition) is 0. The molecule has 4 heterocycles. The Morgan fingerprint density at radius 2 is 2.00 bits per heavy atom. The summed E-state index contributed by atoms with van der Waals surface area (Å²) in [5.74, 6) is 0.0426. The van der Waals surface area contributed by atoms with Gasteiger partial charge in [-0.2, -0.15) is 5.10 Å². The molecule has 1 unspecified atom stereocenters. The number of carbonyl (C=O) groups excluding carboxylic acids is 2. The average Bonchev–Trinajstić information content (AvgIpc) is 3.41. The quantitative estimate of drug-likeness (QED) is 0.819. The molecule has 0 aliphatic carbocycles. The standard InChI is InChI=1S/C18H22N4O3S/c1-20-12-13(16(19-20)15-5-3-11-26-15)17(23)21-6-8-22(9-7-21)18(24)14-4-2-10-25-14/h3,5,11-12,14H,2,4,6-10H2,1H3. The minimum atomic E-state index is -0.291. The molecule has 0 aromatic carbocycles. The fourth-order valence-corrected chi connectivity index (χ4v) is 4.24.